The van der Waals surface area contributed by atoms with Crippen LogP contribution in [-0.2, 0) is 10.9 Å². The van der Waals surface area contributed by atoms with Crippen molar-refractivity contribution in [1.82, 2.24) is 14.8 Å². The van der Waals surface area contributed by atoms with Gasteiger partial charge < -0.3 is 9.84 Å². The molecule has 28 heavy (non-hydrogen) atoms. The van der Waals surface area contributed by atoms with Crippen LogP contribution in [0.2, 0.25) is 0 Å². The number of hydrogen-bond acceptors (Lipinski definition) is 4. The molecule has 2 aromatic heterocycles. The van der Waals surface area contributed by atoms with Crippen molar-refractivity contribution in [3.8, 4) is 17.0 Å². The van der Waals surface area contributed by atoms with Gasteiger partial charge in [-0.05, 0) is 56.0 Å². The highest BCUT2D eigenvalue weighted by Crippen LogP contribution is 2.42. The van der Waals surface area contributed by atoms with Crippen molar-refractivity contribution in [3.63, 3.8) is 0 Å². The highest BCUT2D eigenvalue weighted by atomic mass is 19.4. The summed E-state index contributed by atoms with van der Waals surface area (Å²) in [6.07, 6.45) is 0.960. The van der Waals surface area contributed by atoms with Gasteiger partial charge in [0.25, 0.3) is 0 Å². The second-order valence-corrected chi connectivity index (χ2v) is 7.58. The molecule has 0 saturated carbocycles. The van der Waals surface area contributed by atoms with E-state index in [-0.39, 0.29) is 17.7 Å². The van der Waals surface area contributed by atoms with Crippen molar-refractivity contribution in [2.75, 3.05) is 0 Å². The number of fused-ring (bicyclic) bond motifs is 3. The summed E-state index contributed by atoms with van der Waals surface area (Å²) in [7, 11) is 0. The Hall–Kier alpha value is -2.61. The molecule has 2 saturated heterocycles. The average molecular weight is 389 g/mol. The lowest BCUT2D eigenvalue weighted by molar-refractivity contribution is -0.137. The summed E-state index contributed by atoms with van der Waals surface area (Å²) in [5.74, 6) is -0.444. The lowest BCUT2D eigenvalue weighted by Gasteiger charge is -2.18. The molecule has 2 fully saturated rings. The van der Waals surface area contributed by atoms with E-state index in [4.69, 9.17) is 4.74 Å². The third-order valence-corrected chi connectivity index (χ3v) is 5.70. The van der Waals surface area contributed by atoms with Crippen LogP contribution >= 0.6 is 0 Å². The minimum atomic E-state index is -4.51. The van der Waals surface area contributed by atoms with Crippen molar-refractivity contribution in [3.05, 3.63) is 41.6 Å². The number of aromatic nitrogens is 3. The van der Waals surface area contributed by atoms with Gasteiger partial charge in [-0.3, -0.25) is 4.68 Å². The topological polar surface area (TPSA) is 60.2 Å². The molecular weight excluding hydrogens is 371 g/mol. The van der Waals surface area contributed by atoms with Crippen LogP contribution in [0.5, 0.6) is 5.75 Å². The van der Waals surface area contributed by atoms with Gasteiger partial charge >= 0.3 is 6.18 Å². The predicted octanol–water partition coefficient (Wildman–Crippen LogP) is 4.62. The Morgan fingerprint density at radius 3 is 2.68 bits per heavy atom. The predicted molar refractivity (Wildman–Crippen MR) is 95.9 cm³/mol. The summed E-state index contributed by atoms with van der Waals surface area (Å²) in [6, 6.07) is 5.47. The number of pyridine rings is 1. The standard InChI is InChI=1S/C20H18F3N3O2/c1-10-6-12(20(21,22)23)7-16(27)18(10)14-4-2-11-9-26(25-19(11)24-14)15-8-13-3-5-17(15)28-13/h2,4,6-7,9,13,15,17,27H,3,5,8H2,1H3/t13?,15-,17+/m0/s1. The van der Waals surface area contributed by atoms with Gasteiger partial charge in [-0.25, -0.2) is 4.98 Å². The molecule has 0 spiro atoms. The van der Waals surface area contributed by atoms with E-state index >= 15 is 0 Å². The van der Waals surface area contributed by atoms with Gasteiger partial charge in [-0.1, -0.05) is 0 Å². The van der Waals surface area contributed by atoms with E-state index < -0.39 is 17.5 Å². The van der Waals surface area contributed by atoms with Crippen LogP contribution in [0, 0.1) is 6.92 Å². The summed E-state index contributed by atoms with van der Waals surface area (Å²) in [5, 5.41) is 15.7. The first kappa shape index (κ1) is 17.5. The average Bonchev–Trinajstić information content (AvgIpc) is 3.34. The second kappa shape index (κ2) is 5.94. The van der Waals surface area contributed by atoms with Gasteiger partial charge in [0.15, 0.2) is 5.65 Å². The molecule has 3 atom stereocenters. The third kappa shape index (κ3) is 2.74. The fourth-order valence-electron chi connectivity index (χ4n) is 4.38. The molecular formula is C20H18F3N3O2. The highest BCUT2D eigenvalue weighted by Gasteiger charge is 2.42. The lowest BCUT2D eigenvalue weighted by atomic mass is 9.96. The van der Waals surface area contributed by atoms with Crippen molar-refractivity contribution in [1.29, 1.82) is 0 Å². The van der Waals surface area contributed by atoms with Crippen LogP contribution in [0.25, 0.3) is 22.3 Å². The van der Waals surface area contributed by atoms with E-state index in [0.29, 0.717) is 23.0 Å². The molecule has 1 aromatic carbocycles. The van der Waals surface area contributed by atoms with Gasteiger partial charge in [0, 0.05) is 17.1 Å². The van der Waals surface area contributed by atoms with Gasteiger partial charge in [0.1, 0.15) is 5.75 Å². The van der Waals surface area contributed by atoms with Crippen molar-refractivity contribution >= 4 is 11.0 Å². The number of ether oxygens (including phenoxy) is 1. The molecule has 1 N–H and O–H groups in total. The SMILES string of the molecule is Cc1cc(C(F)(F)F)cc(O)c1-c1ccc2cn([C@H]3CC4CC[C@H]3O4)nc2n1. The highest BCUT2D eigenvalue weighted by molar-refractivity contribution is 5.80. The largest absolute Gasteiger partial charge is 0.507 e. The smallest absolute Gasteiger partial charge is 0.416 e. The monoisotopic (exact) mass is 389 g/mol. The van der Waals surface area contributed by atoms with E-state index in [1.807, 2.05) is 16.9 Å². The normalized spacial score (nSPS) is 24.4. The van der Waals surface area contributed by atoms with Crippen LogP contribution in [-0.4, -0.2) is 32.1 Å². The van der Waals surface area contributed by atoms with Crippen molar-refractivity contribution in [2.24, 2.45) is 0 Å². The molecule has 2 bridgehead atoms. The van der Waals surface area contributed by atoms with Gasteiger partial charge in [0.2, 0.25) is 0 Å². The number of alkyl halides is 3. The summed E-state index contributed by atoms with van der Waals surface area (Å²) in [4.78, 5) is 4.50. The number of benzene rings is 1. The Morgan fingerprint density at radius 2 is 2.04 bits per heavy atom. The molecule has 5 nitrogen and oxygen atoms in total. The molecule has 3 aromatic rings. The van der Waals surface area contributed by atoms with Crippen LogP contribution in [0.1, 0.15) is 36.4 Å². The maximum atomic E-state index is 13.0. The zero-order chi connectivity index (χ0) is 19.6. The Bertz CT molecular complexity index is 1050. The van der Waals surface area contributed by atoms with Crippen LogP contribution < -0.4 is 0 Å². The molecule has 0 amide bonds. The molecule has 2 aliphatic rings. The summed E-state index contributed by atoms with van der Waals surface area (Å²) in [6.45, 7) is 1.53. The molecule has 4 heterocycles. The number of aromatic hydroxyl groups is 1. The van der Waals surface area contributed by atoms with Gasteiger partial charge in [-0.2, -0.15) is 18.3 Å². The first-order valence-electron chi connectivity index (χ1n) is 9.22. The van der Waals surface area contributed by atoms with E-state index in [9.17, 15) is 18.3 Å². The summed E-state index contributed by atoms with van der Waals surface area (Å²) in [5.41, 5.74) is 0.602. The molecule has 1 unspecified atom stereocenters. The van der Waals surface area contributed by atoms with E-state index in [2.05, 4.69) is 10.1 Å². The molecule has 146 valence electrons. The molecule has 0 radical (unpaired) electrons. The van der Waals surface area contributed by atoms with E-state index in [1.54, 1.807) is 6.07 Å². The van der Waals surface area contributed by atoms with Crippen LogP contribution in [0.15, 0.2) is 30.5 Å². The lowest BCUT2D eigenvalue weighted by Crippen LogP contribution is -2.21. The Labute approximate surface area is 158 Å². The van der Waals surface area contributed by atoms with E-state index in [1.165, 1.54) is 6.92 Å². The molecule has 0 aliphatic carbocycles. The van der Waals surface area contributed by atoms with Crippen molar-refractivity contribution < 1.29 is 23.0 Å². The number of rotatable bonds is 2. The minimum absolute atomic E-state index is 0.181. The zero-order valence-corrected chi connectivity index (χ0v) is 15.1. The Kier molecular flexibility index (Phi) is 3.71. The van der Waals surface area contributed by atoms with Crippen LogP contribution in [0.3, 0.4) is 0 Å². The number of halogens is 3. The third-order valence-electron chi connectivity index (χ3n) is 5.70. The van der Waals surface area contributed by atoms with Crippen molar-refractivity contribution in [2.45, 2.75) is 50.6 Å². The summed E-state index contributed by atoms with van der Waals surface area (Å²) >= 11 is 0. The first-order valence-corrected chi connectivity index (χ1v) is 9.22. The molecule has 8 heteroatoms. The maximum Gasteiger partial charge on any atom is 0.416 e. The molecule has 2 aliphatic heterocycles. The fourth-order valence-corrected chi connectivity index (χ4v) is 4.38. The maximum absolute atomic E-state index is 13.0. The fraction of sp³-hybridized carbons (Fsp3) is 0.400. The zero-order valence-electron chi connectivity index (χ0n) is 15.1. The molecule has 5 rings (SSSR count). The quantitative estimate of drug-likeness (QED) is 0.695. The number of phenols is 1. The number of nitrogens with zero attached hydrogens (tertiary/aromatic N) is 3. The Morgan fingerprint density at radius 1 is 1.21 bits per heavy atom. The Balaban J connectivity index is 1.54. The summed E-state index contributed by atoms with van der Waals surface area (Å²) < 4.78 is 46.7. The van der Waals surface area contributed by atoms with Crippen LogP contribution in [0.4, 0.5) is 13.2 Å². The van der Waals surface area contributed by atoms with Gasteiger partial charge in [-0.15, -0.1) is 0 Å². The number of hydrogen-bond donors (Lipinski definition) is 1. The van der Waals surface area contributed by atoms with Gasteiger partial charge in [0.05, 0.1) is 29.5 Å². The second-order valence-electron chi connectivity index (χ2n) is 7.58. The minimum Gasteiger partial charge on any atom is -0.507 e. The number of aryl methyl sites for hydroxylation is 1. The van der Waals surface area contributed by atoms with E-state index in [0.717, 1.165) is 36.8 Å². The first-order chi connectivity index (χ1) is 13.3. The number of phenolic OH excluding ortho intramolecular Hbond substituents is 1.